The summed E-state index contributed by atoms with van der Waals surface area (Å²) in [6, 6.07) is 4.02. The van der Waals surface area contributed by atoms with Crippen LogP contribution in [0.1, 0.15) is 5.56 Å². The summed E-state index contributed by atoms with van der Waals surface area (Å²) in [6.07, 6.45) is -4.90. The van der Waals surface area contributed by atoms with Gasteiger partial charge in [-0.05, 0) is 18.1 Å². The van der Waals surface area contributed by atoms with Crippen LogP contribution < -0.4 is 10.1 Å². The molecule has 0 aliphatic carbocycles. The summed E-state index contributed by atoms with van der Waals surface area (Å²) in [5.74, 6) is -1.99. The average Bonchev–Trinajstić information content (AvgIpc) is 2.37. The Hall–Kier alpha value is -2.32. The van der Waals surface area contributed by atoms with E-state index < -0.39 is 17.0 Å². The number of nitro groups is 1. The van der Waals surface area contributed by atoms with E-state index in [-0.39, 0.29) is 24.4 Å². The lowest BCUT2D eigenvalue weighted by Gasteiger charge is -2.08. The Morgan fingerprint density at radius 2 is 2.10 bits per heavy atom. The molecule has 0 heterocycles. The highest BCUT2D eigenvalue weighted by molar-refractivity contribution is 5.81. The molecule has 0 atom stereocenters. The predicted octanol–water partition coefficient (Wildman–Crippen LogP) is 1.82. The van der Waals surface area contributed by atoms with Gasteiger partial charge in [-0.2, -0.15) is 13.2 Å². The van der Waals surface area contributed by atoms with Gasteiger partial charge in [-0.25, -0.2) is 0 Å². The minimum absolute atomic E-state index is 0.0344. The van der Waals surface area contributed by atoms with Crippen LogP contribution in [0.3, 0.4) is 0 Å². The predicted molar refractivity (Wildman–Crippen MR) is 62.4 cm³/mol. The number of rotatable bonds is 5. The topological polar surface area (TPSA) is 81.5 Å². The minimum Gasteiger partial charge on any atom is -0.490 e. The van der Waals surface area contributed by atoms with Gasteiger partial charge in [0.15, 0.2) is 5.75 Å². The fourth-order valence-corrected chi connectivity index (χ4v) is 1.45. The van der Waals surface area contributed by atoms with Crippen molar-refractivity contribution in [3.63, 3.8) is 0 Å². The first-order valence-corrected chi connectivity index (χ1v) is 5.42. The van der Waals surface area contributed by atoms with Crippen molar-refractivity contribution in [2.24, 2.45) is 0 Å². The van der Waals surface area contributed by atoms with Gasteiger partial charge in [0, 0.05) is 12.6 Å². The van der Waals surface area contributed by atoms with Crippen molar-refractivity contribution in [3.05, 3.63) is 33.9 Å². The maximum absolute atomic E-state index is 11.9. The molecule has 0 aromatic heterocycles. The summed E-state index contributed by atoms with van der Waals surface area (Å²) in [5, 5.41) is 12.4. The zero-order valence-electron chi connectivity index (χ0n) is 10.4. The number of carbonyl (C=O) groups is 1. The van der Waals surface area contributed by atoms with Gasteiger partial charge in [0.05, 0.1) is 12.0 Å². The van der Waals surface area contributed by atoms with E-state index in [0.717, 1.165) is 0 Å². The van der Waals surface area contributed by atoms with Gasteiger partial charge in [0.1, 0.15) is 0 Å². The molecule has 20 heavy (non-hydrogen) atoms. The molecule has 0 fully saturated rings. The maximum Gasteiger partial charge on any atom is 0.471 e. The summed E-state index contributed by atoms with van der Waals surface area (Å²) in [4.78, 5) is 20.7. The Labute approximate surface area is 111 Å². The standard InChI is InChI=1S/C11H11F3N2O4/c1-20-9-3-2-7(6-8(9)16(18)19)4-5-15-10(17)11(12,13)14/h2-3,6H,4-5H2,1H3,(H,15,17). The zero-order valence-corrected chi connectivity index (χ0v) is 10.4. The molecule has 0 saturated heterocycles. The van der Waals surface area contributed by atoms with Crippen LogP contribution in [-0.4, -0.2) is 30.7 Å². The first-order chi connectivity index (χ1) is 9.25. The number of nitrogens with zero attached hydrogens (tertiary/aromatic N) is 1. The normalized spacial score (nSPS) is 11.0. The maximum atomic E-state index is 11.9. The van der Waals surface area contributed by atoms with Crippen molar-refractivity contribution >= 4 is 11.6 Å². The van der Waals surface area contributed by atoms with E-state index in [1.54, 1.807) is 5.32 Å². The average molecular weight is 292 g/mol. The van der Waals surface area contributed by atoms with Crippen molar-refractivity contribution in [1.29, 1.82) is 0 Å². The van der Waals surface area contributed by atoms with Crippen molar-refractivity contribution in [1.82, 2.24) is 5.32 Å². The van der Waals surface area contributed by atoms with Gasteiger partial charge in [-0.1, -0.05) is 6.07 Å². The number of benzene rings is 1. The Bertz CT molecular complexity index is 517. The van der Waals surface area contributed by atoms with Gasteiger partial charge >= 0.3 is 17.8 Å². The van der Waals surface area contributed by atoms with Crippen LogP contribution in [0.5, 0.6) is 5.75 Å². The third-order valence-electron chi connectivity index (χ3n) is 2.40. The molecule has 1 aromatic rings. The number of hydrogen-bond acceptors (Lipinski definition) is 4. The van der Waals surface area contributed by atoms with Gasteiger partial charge in [0.25, 0.3) is 0 Å². The zero-order chi connectivity index (χ0) is 15.3. The number of nitrogens with one attached hydrogen (secondary N) is 1. The lowest BCUT2D eigenvalue weighted by molar-refractivity contribution is -0.385. The molecule has 9 heteroatoms. The SMILES string of the molecule is COc1ccc(CCNC(=O)C(F)(F)F)cc1[N+](=O)[O-]. The van der Waals surface area contributed by atoms with Crippen LogP contribution in [0.4, 0.5) is 18.9 Å². The monoisotopic (exact) mass is 292 g/mol. The number of halogens is 3. The largest absolute Gasteiger partial charge is 0.490 e. The molecule has 6 nitrogen and oxygen atoms in total. The minimum atomic E-state index is -4.94. The van der Waals surface area contributed by atoms with Crippen molar-refractivity contribution in [3.8, 4) is 5.75 Å². The van der Waals surface area contributed by atoms with Crippen LogP contribution in [0.2, 0.25) is 0 Å². The van der Waals surface area contributed by atoms with Crippen LogP contribution >= 0.6 is 0 Å². The van der Waals surface area contributed by atoms with Gasteiger partial charge < -0.3 is 10.1 Å². The third-order valence-corrected chi connectivity index (χ3v) is 2.40. The molecule has 0 spiro atoms. The summed E-state index contributed by atoms with van der Waals surface area (Å²) in [5.41, 5.74) is 0.132. The smallest absolute Gasteiger partial charge is 0.471 e. The molecule has 1 rings (SSSR count). The molecule has 0 aliphatic rings. The first-order valence-electron chi connectivity index (χ1n) is 5.42. The van der Waals surface area contributed by atoms with Crippen molar-refractivity contribution in [2.45, 2.75) is 12.6 Å². The molecular weight excluding hydrogens is 281 g/mol. The van der Waals surface area contributed by atoms with E-state index in [1.807, 2.05) is 0 Å². The number of amides is 1. The number of methoxy groups -OCH3 is 1. The molecule has 0 radical (unpaired) electrons. The Morgan fingerprint density at radius 3 is 2.60 bits per heavy atom. The first kappa shape index (κ1) is 15.7. The second-order valence-electron chi connectivity index (χ2n) is 3.77. The van der Waals surface area contributed by atoms with Crippen molar-refractivity contribution < 1.29 is 27.6 Å². The molecule has 110 valence electrons. The van der Waals surface area contributed by atoms with E-state index in [0.29, 0.717) is 5.56 Å². The highest BCUT2D eigenvalue weighted by Crippen LogP contribution is 2.27. The lowest BCUT2D eigenvalue weighted by atomic mass is 10.1. The Kier molecular flexibility index (Phi) is 4.89. The van der Waals surface area contributed by atoms with Crippen molar-refractivity contribution in [2.75, 3.05) is 13.7 Å². The number of nitro benzene ring substituents is 1. The molecule has 0 aliphatic heterocycles. The second-order valence-corrected chi connectivity index (χ2v) is 3.77. The quantitative estimate of drug-likeness (QED) is 0.663. The molecule has 1 N–H and O–H groups in total. The van der Waals surface area contributed by atoms with Gasteiger partial charge in [-0.3, -0.25) is 14.9 Å². The molecule has 1 amide bonds. The van der Waals surface area contributed by atoms with Crippen LogP contribution in [0, 0.1) is 10.1 Å². The Balaban J connectivity index is 2.68. The number of hydrogen-bond donors (Lipinski definition) is 1. The number of carbonyl (C=O) groups excluding carboxylic acids is 1. The van der Waals surface area contributed by atoms with E-state index in [1.165, 1.54) is 25.3 Å². The molecular formula is C11H11F3N2O4. The van der Waals surface area contributed by atoms with E-state index in [2.05, 4.69) is 0 Å². The second kappa shape index (κ2) is 6.22. The van der Waals surface area contributed by atoms with Gasteiger partial charge in [0.2, 0.25) is 0 Å². The molecule has 0 saturated carbocycles. The highest BCUT2D eigenvalue weighted by Gasteiger charge is 2.38. The fourth-order valence-electron chi connectivity index (χ4n) is 1.45. The van der Waals surface area contributed by atoms with E-state index in [9.17, 15) is 28.1 Å². The summed E-state index contributed by atoms with van der Waals surface area (Å²) < 4.78 is 40.6. The van der Waals surface area contributed by atoms with Crippen LogP contribution in [0.15, 0.2) is 18.2 Å². The van der Waals surface area contributed by atoms with E-state index >= 15 is 0 Å². The van der Waals surface area contributed by atoms with Crippen LogP contribution in [-0.2, 0) is 11.2 Å². The Morgan fingerprint density at radius 1 is 1.45 bits per heavy atom. The third kappa shape index (κ3) is 4.11. The number of ether oxygens (including phenoxy) is 1. The molecule has 0 unspecified atom stereocenters. The highest BCUT2D eigenvalue weighted by atomic mass is 19.4. The van der Waals surface area contributed by atoms with E-state index in [4.69, 9.17) is 4.74 Å². The lowest BCUT2D eigenvalue weighted by Crippen LogP contribution is -2.37. The summed E-state index contributed by atoms with van der Waals surface area (Å²) >= 11 is 0. The molecule has 0 bridgehead atoms. The number of alkyl halides is 3. The summed E-state index contributed by atoms with van der Waals surface area (Å²) in [6.45, 7) is -0.276. The van der Waals surface area contributed by atoms with Gasteiger partial charge in [-0.15, -0.1) is 0 Å². The molecule has 1 aromatic carbocycles. The summed E-state index contributed by atoms with van der Waals surface area (Å²) in [7, 11) is 1.27. The fraction of sp³-hybridized carbons (Fsp3) is 0.364. The van der Waals surface area contributed by atoms with Crippen LogP contribution in [0.25, 0.3) is 0 Å².